The summed E-state index contributed by atoms with van der Waals surface area (Å²) in [6, 6.07) is 75.8. The monoisotopic (exact) mass is 689 g/mol. The van der Waals surface area contributed by atoms with Crippen molar-refractivity contribution in [1.82, 2.24) is 0 Å². The third kappa shape index (κ3) is 5.71. The van der Waals surface area contributed by atoms with E-state index in [-0.39, 0.29) is 0 Å². The highest BCUT2D eigenvalue weighted by molar-refractivity contribution is 6.01. The first-order valence-corrected chi connectivity index (χ1v) is 18.4. The van der Waals surface area contributed by atoms with Gasteiger partial charge < -0.3 is 9.64 Å². The highest BCUT2D eigenvalue weighted by Crippen LogP contribution is 2.52. The molecule has 0 unspecified atom stereocenters. The van der Waals surface area contributed by atoms with Crippen LogP contribution in [0.25, 0.3) is 66.4 Å². The zero-order chi connectivity index (χ0) is 35.8. The molecule has 9 aromatic rings. The van der Waals surface area contributed by atoms with Crippen LogP contribution in [0.15, 0.2) is 212 Å². The molecule has 1 aliphatic rings. The zero-order valence-electron chi connectivity index (χ0n) is 29.6. The molecule has 10 rings (SSSR count). The van der Waals surface area contributed by atoms with Crippen molar-refractivity contribution in [3.05, 3.63) is 212 Å². The Morgan fingerprint density at radius 2 is 0.796 bits per heavy atom. The maximum Gasteiger partial charge on any atom is 0.135 e. The number of rotatable bonds is 6. The first-order chi connectivity index (χ1) is 26.8. The summed E-state index contributed by atoms with van der Waals surface area (Å²) < 4.78 is 6.92. The molecule has 0 amide bonds. The Hall–Kier alpha value is -7.16. The molecule has 254 valence electrons. The molecule has 0 aliphatic carbocycles. The van der Waals surface area contributed by atoms with E-state index in [9.17, 15) is 0 Å². The quantitative estimate of drug-likeness (QED) is 0.172. The van der Waals surface area contributed by atoms with Gasteiger partial charge in [0.25, 0.3) is 0 Å². The minimum Gasteiger partial charge on any atom is -0.456 e. The third-order valence-electron chi connectivity index (χ3n) is 10.5. The molecule has 0 radical (unpaired) electrons. The first kappa shape index (κ1) is 31.6. The SMILES string of the molecule is c1ccc(-c2ccc(N(c3ccc4c(c3)-c3cccc(-c5ccccc5)c3-c3cc(-c5ccccc5)ccc3O4)c3ccc4ccccc4c3)cc2)cc1. The van der Waals surface area contributed by atoms with Crippen molar-refractivity contribution in [1.29, 1.82) is 0 Å². The maximum absolute atomic E-state index is 6.92. The molecule has 0 aromatic heterocycles. The van der Waals surface area contributed by atoms with Crippen LogP contribution in [0.5, 0.6) is 11.5 Å². The van der Waals surface area contributed by atoms with Gasteiger partial charge in [-0.15, -0.1) is 0 Å². The second kappa shape index (κ2) is 13.4. The number of ether oxygens (including phenoxy) is 1. The van der Waals surface area contributed by atoms with E-state index < -0.39 is 0 Å². The van der Waals surface area contributed by atoms with E-state index in [1.54, 1.807) is 0 Å². The van der Waals surface area contributed by atoms with Gasteiger partial charge in [-0.1, -0.05) is 158 Å². The van der Waals surface area contributed by atoms with Crippen LogP contribution in [0.1, 0.15) is 0 Å². The molecule has 2 heteroatoms. The van der Waals surface area contributed by atoms with Gasteiger partial charge in [0.05, 0.1) is 0 Å². The van der Waals surface area contributed by atoms with Crippen molar-refractivity contribution < 1.29 is 4.74 Å². The largest absolute Gasteiger partial charge is 0.456 e. The minimum absolute atomic E-state index is 0.828. The number of anilines is 3. The molecule has 1 heterocycles. The summed E-state index contributed by atoms with van der Waals surface area (Å²) in [4.78, 5) is 2.35. The summed E-state index contributed by atoms with van der Waals surface area (Å²) >= 11 is 0. The number of hydrogen-bond donors (Lipinski definition) is 0. The molecule has 0 saturated heterocycles. The average molecular weight is 690 g/mol. The van der Waals surface area contributed by atoms with E-state index in [1.165, 1.54) is 38.6 Å². The van der Waals surface area contributed by atoms with Gasteiger partial charge in [0.15, 0.2) is 0 Å². The van der Waals surface area contributed by atoms with Crippen LogP contribution in [0, 0.1) is 0 Å². The van der Waals surface area contributed by atoms with Crippen molar-refractivity contribution in [3.63, 3.8) is 0 Å². The fraction of sp³-hybridized carbons (Fsp3) is 0. The van der Waals surface area contributed by atoms with Crippen LogP contribution < -0.4 is 9.64 Å². The van der Waals surface area contributed by atoms with E-state index in [4.69, 9.17) is 4.74 Å². The van der Waals surface area contributed by atoms with E-state index in [1.807, 2.05) is 0 Å². The Balaban J connectivity index is 1.18. The van der Waals surface area contributed by atoms with Crippen LogP contribution in [0.4, 0.5) is 17.1 Å². The lowest BCUT2D eigenvalue weighted by atomic mass is 9.86. The standard InChI is InChI=1S/C52H35NO/c1-4-13-36(14-5-1)39-23-27-43(28-24-39)53(44-29-25-38-17-10-11-20-41(38)33-44)45-30-32-50-48(35-45)47-22-12-21-46(40-18-8-3-9-19-40)52(47)49-34-42(26-31-51(49)54-50)37-15-6-2-7-16-37/h1-35H. The van der Waals surface area contributed by atoms with Crippen LogP contribution in [0.3, 0.4) is 0 Å². The van der Waals surface area contributed by atoms with Gasteiger partial charge >= 0.3 is 0 Å². The molecule has 1 aliphatic heterocycles. The van der Waals surface area contributed by atoms with Gasteiger partial charge in [0.1, 0.15) is 11.5 Å². The summed E-state index contributed by atoms with van der Waals surface area (Å²) in [5.74, 6) is 1.67. The first-order valence-electron chi connectivity index (χ1n) is 18.4. The van der Waals surface area contributed by atoms with Crippen LogP contribution in [-0.2, 0) is 0 Å². The zero-order valence-corrected chi connectivity index (χ0v) is 29.6. The van der Waals surface area contributed by atoms with E-state index in [0.717, 1.165) is 56.4 Å². The van der Waals surface area contributed by atoms with Gasteiger partial charge in [0, 0.05) is 33.8 Å². The normalized spacial score (nSPS) is 11.5. The van der Waals surface area contributed by atoms with Gasteiger partial charge in [-0.25, -0.2) is 0 Å². The Bertz CT molecular complexity index is 2770. The number of hydrogen-bond acceptors (Lipinski definition) is 2. The summed E-state index contributed by atoms with van der Waals surface area (Å²) in [5, 5.41) is 2.41. The third-order valence-corrected chi connectivity index (χ3v) is 10.5. The van der Waals surface area contributed by atoms with Crippen LogP contribution in [-0.4, -0.2) is 0 Å². The molecule has 0 atom stereocenters. The fourth-order valence-corrected chi connectivity index (χ4v) is 7.82. The number of benzene rings is 9. The van der Waals surface area contributed by atoms with Gasteiger partial charge in [-0.3, -0.25) is 0 Å². The second-order valence-corrected chi connectivity index (χ2v) is 13.7. The summed E-state index contributed by atoms with van der Waals surface area (Å²) in [6.07, 6.45) is 0. The second-order valence-electron chi connectivity index (χ2n) is 13.7. The van der Waals surface area contributed by atoms with Gasteiger partial charge in [0.2, 0.25) is 0 Å². The average Bonchev–Trinajstić information content (AvgIpc) is 3.39. The molecule has 2 nitrogen and oxygen atoms in total. The number of fused-ring (bicyclic) bond motifs is 6. The summed E-state index contributed by atoms with van der Waals surface area (Å²) in [7, 11) is 0. The van der Waals surface area contributed by atoms with Gasteiger partial charge in [-0.05, 0) is 104 Å². The molecule has 54 heavy (non-hydrogen) atoms. The predicted octanol–water partition coefficient (Wildman–Crippen LogP) is 14.8. The Kier molecular flexibility index (Phi) is 7.85. The van der Waals surface area contributed by atoms with Crippen molar-refractivity contribution in [2.45, 2.75) is 0 Å². The predicted molar refractivity (Wildman–Crippen MR) is 226 cm³/mol. The van der Waals surface area contributed by atoms with Crippen molar-refractivity contribution in [2.75, 3.05) is 4.90 Å². The molecular weight excluding hydrogens is 655 g/mol. The van der Waals surface area contributed by atoms with E-state index in [0.29, 0.717) is 0 Å². The molecule has 0 fully saturated rings. The topological polar surface area (TPSA) is 12.5 Å². The Morgan fingerprint density at radius 3 is 1.54 bits per heavy atom. The fourth-order valence-electron chi connectivity index (χ4n) is 7.82. The molecule has 0 saturated carbocycles. The lowest BCUT2D eigenvalue weighted by Crippen LogP contribution is -2.10. The minimum atomic E-state index is 0.828. The lowest BCUT2D eigenvalue weighted by molar-refractivity contribution is 0.488. The maximum atomic E-state index is 6.92. The lowest BCUT2D eigenvalue weighted by Gasteiger charge is -2.27. The molecule has 0 spiro atoms. The number of nitrogens with zero attached hydrogens (tertiary/aromatic N) is 1. The molecule has 0 N–H and O–H groups in total. The smallest absolute Gasteiger partial charge is 0.135 e. The van der Waals surface area contributed by atoms with E-state index >= 15 is 0 Å². The van der Waals surface area contributed by atoms with E-state index in [2.05, 4.69) is 217 Å². The van der Waals surface area contributed by atoms with Crippen molar-refractivity contribution in [2.24, 2.45) is 0 Å². The van der Waals surface area contributed by atoms with Gasteiger partial charge in [-0.2, -0.15) is 0 Å². The molecular formula is C52H35NO. The highest BCUT2D eigenvalue weighted by atomic mass is 16.5. The van der Waals surface area contributed by atoms with Crippen molar-refractivity contribution in [3.8, 4) is 67.1 Å². The van der Waals surface area contributed by atoms with Crippen molar-refractivity contribution >= 4 is 27.8 Å². The molecule has 9 aromatic carbocycles. The summed E-state index contributed by atoms with van der Waals surface area (Å²) in [6.45, 7) is 0. The summed E-state index contributed by atoms with van der Waals surface area (Å²) in [5.41, 5.74) is 14.7. The Labute approximate surface area is 315 Å². The highest BCUT2D eigenvalue weighted by Gasteiger charge is 2.26. The van der Waals surface area contributed by atoms with Crippen LogP contribution in [0.2, 0.25) is 0 Å². The molecule has 0 bridgehead atoms. The Morgan fingerprint density at radius 1 is 0.278 bits per heavy atom. The van der Waals surface area contributed by atoms with Crippen LogP contribution >= 0.6 is 0 Å².